The Morgan fingerprint density at radius 3 is 2.60 bits per heavy atom. The molecule has 108 valence electrons. The Morgan fingerprint density at radius 2 is 1.90 bits per heavy atom. The van der Waals surface area contributed by atoms with E-state index in [-0.39, 0.29) is 0 Å². The van der Waals surface area contributed by atoms with Crippen LogP contribution >= 0.6 is 0 Å². The number of benzene rings is 1. The quantitative estimate of drug-likeness (QED) is 0.736. The summed E-state index contributed by atoms with van der Waals surface area (Å²) in [7, 11) is 0. The number of nitrogens with one attached hydrogen (secondary N) is 1. The highest BCUT2D eigenvalue weighted by Gasteiger charge is 2.05. The van der Waals surface area contributed by atoms with E-state index in [0.717, 1.165) is 29.8 Å². The lowest BCUT2D eigenvalue weighted by Crippen LogP contribution is -2.03. The van der Waals surface area contributed by atoms with Crippen molar-refractivity contribution in [1.82, 2.24) is 9.55 Å². The number of para-hydroxylation sites is 1. The monoisotopic (exact) mass is 271 g/mol. The predicted octanol–water partition coefficient (Wildman–Crippen LogP) is 4.76. The Morgan fingerprint density at radius 1 is 1.15 bits per heavy atom. The van der Waals surface area contributed by atoms with Gasteiger partial charge in [0.05, 0.1) is 5.69 Å². The van der Waals surface area contributed by atoms with Gasteiger partial charge < -0.3 is 9.88 Å². The summed E-state index contributed by atoms with van der Waals surface area (Å²) in [4.78, 5) is 4.57. The minimum absolute atomic E-state index is 0.793. The number of aromatic nitrogens is 2. The third-order valence-corrected chi connectivity index (χ3v) is 3.36. The van der Waals surface area contributed by atoms with Crippen LogP contribution in [-0.4, -0.2) is 9.55 Å². The van der Waals surface area contributed by atoms with E-state index in [0.29, 0.717) is 0 Å². The van der Waals surface area contributed by atoms with Crippen LogP contribution in [0.1, 0.15) is 38.8 Å². The van der Waals surface area contributed by atoms with Crippen molar-refractivity contribution in [3.05, 3.63) is 42.2 Å². The standard InChI is InChI=1S/C17H25N3/c1-14(2)9-7-8-12-20-13-15(3)18-17(20)19-16-10-5-4-6-11-16/h4-6,10-11,13-14H,7-9,12H2,1-3H3,(H,18,19). The van der Waals surface area contributed by atoms with Crippen LogP contribution in [0.2, 0.25) is 0 Å². The first-order valence-electron chi connectivity index (χ1n) is 7.51. The molecule has 0 saturated carbocycles. The fourth-order valence-corrected chi connectivity index (χ4v) is 2.30. The molecule has 2 aromatic rings. The zero-order valence-electron chi connectivity index (χ0n) is 12.8. The zero-order chi connectivity index (χ0) is 14.4. The molecule has 1 aromatic heterocycles. The van der Waals surface area contributed by atoms with Crippen LogP contribution in [0.15, 0.2) is 36.5 Å². The van der Waals surface area contributed by atoms with Crippen molar-refractivity contribution in [3.8, 4) is 0 Å². The average Bonchev–Trinajstić information content (AvgIpc) is 2.76. The van der Waals surface area contributed by atoms with Crippen LogP contribution < -0.4 is 5.32 Å². The number of anilines is 2. The highest BCUT2D eigenvalue weighted by Crippen LogP contribution is 2.17. The maximum absolute atomic E-state index is 4.57. The SMILES string of the molecule is Cc1cn(CCCCC(C)C)c(Nc2ccccc2)n1. The summed E-state index contributed by atoms with van der Waals surface area (Å²) in [5.74, 6) is 1.74. The van der Waals surface area contributed by atoms with Crippen LogP contribution in [0.3, 0.4) is 0 Å². The second-order valence-electron chi connectivity index (χ2n) is 5.78. The summed E-state index contributed by atoms with van der Waals surface area (Å²) in [6.07, 6.45) is 5.91. The molecule has 0 saturated heterocycles. The topological polar surface area (TPSA) is 29.9 Å². The molecule has 0 aliphatic rings. The lowest BCUT2D eigenvalue weighted by Gasteiger charge is -2.10. The van der Waals surface area contributed by atoms with Crippen molar-refractivity contribution in [2.45, 2.75) is 46.6 Å². The van der Waals surface area contributed by atoms with Gasteiger partial charge in [-0.1, -0.05) is 44.9 Å². The van der Waals surface area contributed by atoms with E-state index in [2.05, 4.69) is 47.0 Å². The van der Waals surface area contributed by atoms with Gasteiger partial charge in [-0.3, -0.25) is 0 Å². The Labute approximate surface area is 122 Å². The molecule has 20 heavy (non-hydrogen) atoms. The van der Waals surface area contributed by atoms with Crippen LogP contribution in [0.4, 0.5) is 11.6 Å². The lowest BCUT2D eigenvalue weighted by atomic mass is 10.1. The normalized spacial score (nSPS) is 11.0. The number of hydrogen-bond acceptors (Lipinski definition) is 2. The Kier molecular flexibility index (Phi) is 5.22. The van der Waals surface area contributed by atoms with Crippen molar-refractivity contribution in [1.29, 1.82) is 0 Å². The molecular weight excluding hydrogens is 246 g/mol. The first-order valence-corrected chi connectivity index (χ1v) is 7.51. The van der Waals surface area contributed by atoms with Gasteiger partial charge in [0, 0.05) is 18.4 Å². The van der Waals surface area contributed by atoms with Gasteiger partial charge in [0.25, 0.3) is 0 Å². The van der Waals surface area contributed by atoms with E-state index in [1.165, 1.54) is 19.3 Å². The molecule has 0 aliphatic heterocycles. The summed E-state index contributed by atoms with van der Waals surface area (Å²) in [5.41, 5.74) is 2.15. The molecule has 0 fully saturated rings. The third kappa shape index (κ3) is 4.41. The van der Waals surface area contributed by atoms with E-state index in [4.69, 9.17) is 0 Å². The van der Waals surface area contributed by atoms with Crippen LogP contribution in [0.25, 0.3) is 0 Å². The highest BCUT2D eigenvalue weighted by molar-refractivity contribution is 5.53. The Hall–Kier alpha value is -1.77. The fourth-order valence-electron chi connectivity index (χ4n) is 2.30. The summed E-state index contributed by atoms with van der Waals surface area (Å²) < 4.78 is 2.22. The Bertz CT molecular complexity index is 514. The van der Waals surface area contributed by atoms with Crippen LogP contribution in [0.5, 0.6) is 0 Å². The number of imidazole rings is 1. The summed E-state index contributed by atoms with van der Waals surface area (Å²) in [5, 5.41) is 3.39. The zero-order valence-corrected chi connectivity index (χ0v) is 12.8. The van der Waals surface area contributed by atoms with Crippen molar-refractivity contribution >= 4 is 11.6 Å². The van der Waals surface area contributed by atoms with Crippen molar-refractivity contribution in [3.63, 3.8) is 0 Å². The van der Waals surface area contributed by atoms with E-state index >= 15 is 0 Å². The molecule has 1 N–H and O–H groups in total. The molecule has 3 heteroatoms. The largest absolute Gasteiger partial charge is 0.326 e. The smallest absolute Gasteiger partial charge is 0.207 e. The summed E-state index contributed by atoms with van der Waals surface area (Å²) in [6, 6.07) is 10.2. The average molecular weight is 271 g/mol. The van der Waals surface area contributed by atoms with Crippen LogP contribution in [0, 0.1) is 12.8 Å². The molecule has 2 rings (SSSR count). The predicted molar refractivity (Wildman–Crippen MR) is 85.4 cm³/mol. The van der Waals surface area contributed by atoms with Gasteiger partial charge in [-0.25, -0.2) is 4.98 Å². The van der Waals surface area contributed by atoms with Crippen molar-refractivity contribution in [2.75, 3.05) is 5.32 Å². The first-order chi connectivity index (χ1) is 9.65. The summed E-state index contributed by atoms with van der Waals surface area (Å²) in [6.45, 7) is 7.64. The summed E-state index contributed by atoms with van der Waals surface area (Å²) >= 11 is 0. The second kappa shape index (κ2) is 7.13. The molecule has 0 radical (unpaired) electrons. The number of aryl methyl sites for hydroxylation is 2. The molecule has 0 atom stereocenters. The molecule has 1 aromatic carbocycles. The van der Waals surface area contributed by atoms with Gasteiger partial charge in [0.15, 0.2) is 0 Å². The Balaban J connectivity index is 1.95. The second-order valence-corrected chi connectivity index (χ2v) is 5.78. The molecule has 0 aliphatic carbocycles. The van der Waals surface area contributed by atoms with Gasteiger partial charge in [-0.05, 0) is 31.4 Å². The molecule has 0 bridgehead atoms. The minimum Gasteiger partial charge on any atom is -0.326 e. The number of nitrogens with zero attached hydrogens (tertiary/aromatic N) is 2. The maximum atomic E-state index is 4.57. The van der Waals surface area contributed by atoms with Gasteiger partial charge in [0.1, 0.15) is 0 Å². The highest BCUT2D eigenvalue weighted by atomic mass is 15.2. The number of unbranched alkanes of at least 4 members (excludes halogenated alkanes) is 1. The van der Waals surface area contributed by atoms with E-state index < -0.39 is 0 Å². The van der Waals surface area contributed by atoms with E-state index in [1.807, 2.05) is 25.1 Å². The van der Waals surface area contributed by atoms with E-state index in [1.54, 1.807) is 0 Å². The van der Waals surface area contributed by atoms with Gasteiger partial charge in [-0.15, -0.1) is 0 Å². The molecule has 3 nitrogen and oxygen atoms in total. The van der Waals surface area contributed by atoms with Crippen molar-refractivity contribution in [2.24, 2.45) is 5.92 Å². The third-order valence-electron chi connectivity index (χ3n) is 3.36. The maximum Gasteiger partial charge on any atom is 0.207 e. The van der Waals surface area contributed by atoms with Gasteiger partial charge in [0.2, 0.25) is 5.95 Å². The fraction of sp³-hybridized carbons (Fsp3) is 0.471. The molecule has 0 amide bonds. The lowest BCUT2D eigenvalue weighted by molar-refractivity contribution is 0.510. The van der Waals surface area contributed by atoms with Gasteiger partial charge in [-0.2, -0.15) is 0 Å². The number of hydrogen-bond donors (Lipinski definition) is 1. The molecular formula is C17H25N3. The molecule has 1 heterocycles. The van der Waals surface area contributed by atoms with Gasteiger partial charge >= 0.3 is 0 Å². The molecule has 0 spiro atoms. The van der Waals surface area contributed by atoms with E-state index in [9.17, 15) is 0 Å². The van der Waals surface area contributed by atoms with Crippen LogP contribution in [-0.2, 0) is 6.54 Å². The minimum atomic E-state index is 0.793. The van der Waals surface area contributed by atoms with Crippen molar-refractivity contribution < 1.29 is 0 Å². The molecule has 0 unspecified atom stereocenters. The first kappa shape index (κ1) is 14.6. The number of rotatable bonds is 7.